The van der Waals surface area contributed by atoms with E-state index in [1.165, 1.54) is 0 Å². The number of amides is 1. The minimum Gasteiger partial charge on any atom is -0.497 e. The maximum atomic E-state index is 11.4. The predicted octanol–water partition coefficient (Wildman–Crippen LogP) is 2.16. The number of hydrogen-bond donors (Lipinski definition) is 2. The summed E-state index contributed by atoms with van der Waals surface area (Å²) in [6, 6.07) is 7.32. The fraction of sp³-hybridized carbons (Fsp3) is 0.333. The number of thiocarbonyl (C=S) groups is 1. The van der Waals surface area contributed by atoms with E-state index < -0.39 is 0 Å². The Hall–Kier alpha value is -1.62. The minimum absolute atomic E-state index is 0.0972. The molecule has 0 aliphatic carbocycles. The van der Waals surface area contributed by atoms with Gasteiger partial charge in [0.25, 0.3) is 0 Å². The molecule has 1 amide bonds. The van der Waals surface area contributed by atoms with E-state index in [2.05, 4.69) is 10.6 Å². The van der Waals surface area contributed by atoms with Crippen LogP contribution in [0.5, 0.6) is 5.75 Å². The second kappa shape index (κ2) is 6.20. The Morgan fingerprint density at radius 3 is 2.71 bits per heavy atom. The Morgan fingerprint density at radius 2 is 2.12 bits per heavy atom. The smallest absolute Gasteiger partial charge is 0.228 e. The lowest BCUT2D eigenvalue weighted by Crippen LogP contribution is -2.36. The van der Waals surface area contributed by atoms with Crippen LogP contribution in [0.25, 0.3) is 0 Å². The van der Waals surface area contributed by atoms with E-state index in [9.17, 15) is 4.79 Å². The highest BCUT2D eigenvalue weighted by atomic mass is 32.1. The molecule has 1 rings (SSSR count). The van der Waals surface area contributed by atoms with Crippen LogP contribution in [0.1, 0.15) is 13.8 Å². The van der Waals surface area contributed by atoms with Crippen LogP contribution >= 0.6 is 12.2 Å². The van der Waals surface area contributed by atoms with Crippen molar-refractivity contribution < 1.29 is 9.53 Å². The first-order valence-corrected chi connectivity index (χ1v) is 5.69. The van der Waals surface area contributed by atoms with Crippen molar-refractivity contribution in [2.45, 2.75) is 13.8 Å². The SMILES string of the molecule is COc1cccc(NC(=S)NC(=O)C(C)C)c1. The third kappa shape index (κ3) is 4.40. The number of benzene rings is 1. The lowest BCUT2D eigenvalue weighted by atomic mass is 10.2. The highest BCUT2D eigenvalue weighted by Gasteiger charge is 2.08. The van der Waals surface area contributed by atoms with Gasteiger partial charge in [0, 0.05) is 17.7 Å². The van der Waals surface area contributed by atoms with Crippen molar-refractivity contribution in [1.29, 1.82) is 0 Å². The van der Waals surface area contributed by atoms with Crippen molar-refractivity contribution in [3.63, 3.8) is 0 Å². The van der Waals surface area contributed by atoms with Gasteiger partial charge < -0.3 is 15.4 Å². The third-order valence-corrected chi connectivity index (χ3v) is 2.29. The molecule has 0 aliphatic rings. The highest BCUT2D eigenvalue weighted by molar-refractivity contribution is 7.80. The number of nitrogens with one attached hydrogen (secondary N) is 2. The van der Waals surface area contributed by atoms with Crippen LogP contribution in [0, 0.1) is 5.92 Å². The van der Waals surface area contributed by atoms with Crippen molar-refractivity contribution in [1.82, 2.24) is 5.32 Å². The third-order valence-electron chi connectivity index (χ3n) is 2.09. The Balaban J connectivity index is 2.59. The average Bonchev–Trinajstić information content (AvgIpc) is 2.28. The molecule has 0 bridgehead atoms. The van der Waals surface area contributed by atoms with E-state index in [0.717, 1.165) is 11.4 Å². The van der Waals surface area contributed by atoms with Gasteiger partial charge in [-0.25, -0.2) is 0 Å². The maximum Gasteiger partial charge on any atom is 0.228 e. The Morgan fingerprint density at radius 1 is 1.41 bits per heavy atom. The monoisotopic (exact) mass is 252 g/mol. The van der Waals surface area contributed by atoms with Crippen molar-refractivity contribution >= 4 is 28.9 Å². The van der Waals surface area contributed by atoms with Crippen LogP contribution in [0.15, 0.2) is 24.3 Å². The summed E-state index contributed by atoms with van der Waals surface area (Å²) in [4.78, 5) is 11.4. The number of anilines is 1. The van der Waals surface area contributed by atoms with E-state index in [1.807, 2.05) is 32.0 Å². The van der Waals surface area contributed by atoms with Crippen LogP contribution in [-0.4, -0.2) is 18.1 Å². The summed E-state index contributed by atoms with van der Waals surface area (Å²) in [5, 5.41) is 5.82. The van der Waals surface area contributed by atoms with Crippen molar-refractivity contribution in [2.24, 2.45) is 5.92 Å². The van der Waals surface area contributed by atoms with E-state index in [0.29, 0.717) is 0 Å². The summed E-state index contributed by atoms with van der Waals surface area (Å²) in [5.41, 5.74) is 0.776. The zero-order valence-electron chi connectivity index (χ0n) is 10.1. The van der Waals surface area contributed by atoms with Crippen molar-refractivity contribution in [2.75, 3.05) is 12.4 Å². The number of hydrogen-bond acceptors (Lipinski definition) is 3. The van der Waals surface area contributed by atoms with Crippen LogP contribution in [-0.2, 0) is 4.79 Å². The van der Waals surface area contributed by atoms with E-state index in [4.69, 9.17) is 17.0 Å². The van der Waals surface area contributed by atoms with Crippen molar-refractivity contribution in [3.05, 3.63) is 24.3 Å². The molecule has 5 heteroatoms. The van der Waals surface area contributed by atoms with Gasteiger partial charge in [-0.2, -0.15) is 0 Å². The molecule has 0 saturated heterocycles. The molecule has 1 aromatic carbocycles. The molecule has 0 unspecified atom stereocenters. The minimum atomic E-state index is -0.106. The number of methoxy groups -OCH3 is 1. The van der Waals surface area contributed by atoms with Gasteiger partial charge in [0.05, 0.1) is 7.11 Å². The first-order valence-electron chi connectivity index (χ1n) is 5.29. The molecule has 4 nitrogen and oxygen atoms in total. The van der Waals surface area contributed by atoms with Crippen LogP contribution in [0.3, 0.4) is 0 Å². The van der Waals surface area contributed by atoms with Gasteiger partial charge in [-0.1, -0.05) is 19.9 Å². The Kier molecular flexibility index (Phi) is 4.90. The average molecular weight is 252 g/mol. The number of carbonyl (C=O) groups excluding carboxylic acids is 1. The summed E-state index contributed by atoms with van der Waals surface area (Å²) in [5.74, 6) is 0.526. The van der Waals surface area contributed by atoms with E-state index in [1.54, 1.807) is 13.2 Å². The fourth-order valence-electron chi connectivity index (χ4n) is 1.12. The molecule has 1 aromatic rings. The zero-order valence-corrected chi connectivity index (χ0v) is 10.9. The van der Waals surface area contributed by atoms with E-state index in [-0.39, 0.29) is 16.9 Å². The second-order valence-electron chi connectivity index (χ2n) is 3.83. The maximum absolute atomic E-state index is 11.4. The zero-order chi connectivity index (χ0) is 12.8. The lowest BCUT2D eigenvalue weighted by Gasteiger charge is -2.11. The molecule has 0 heterocycles. The molecule has 0 aromatic heterocycles. The standard InChI is InChI=1S/C12H16N2O2S/c1-8(2)11(15)14-12(17)13-9-5-4-6-10(7-9)16-3/h4-8H,1-3H3,(H2,13,14,15,17). The molecule has 0 saturated carbocycles. The largest absolute Gasteiger partial charge is 0.497 e. The van der Waals surface area contributed by atoms with E-state index >= 15 is 0 Å². The van der Waals surface area contributed by atoms with Gasteiger partial charge in [0.1, 0.15) is 5.75 Å². The summed E-state index contributed by atoms with van der Waals surface area (Å²) in [6.07, 6.45) is 0. The lowest BCUT2D eigenvalue weighted by molar-refractivity contribution is -0.122. The molecular weight excluding hydrogens is 236 g/mol. The fourth-order valence-corrected chi connectivity index (χ4v) is 1.34. The quantitative estimate of drug-likeness (QED) is 0.809. The Bertz CT molecular complexity index is 419. The van der Waals surface area contributed by atoms with Gasteiger partial charge in [-0.05, 0) is 24.4 Å². The summed E-state index contributed by atoms with van der Waals surface area (Å²) in [7, 11) is 1.60. The molecule has 0 aliphatic heterocycles. The molecule has 92 valence electrons. The Labute approximate surface area is 106 Å². The first kappa shape index (κ1) is 13.4. The van der Waals surface area contributed by atoms with Crippen LogP contribution in [0.4, 0.5) is 5.69 Å². The molecule has 0 atom stereocenters. The number of ether oxygens (including phenoxy) is 1. The molecule has 2 N–H and O–H groups in total. The molecule has 0 radical (unpaired) electrons. The van der Waals surface area contributed by atoms with Gasteiger partial charge in [-0.15, -0.1) is 0 Å². The molecule has 17 heavy (non-hydrogen) atoms. The summed E-state index contributed by atoms with van der Waals surface area (Å²) in [6.45, 7) is 3.62. The normalized spacial score (nSPS) is 9.88. The summed E-state index contributed by atoms with van der Waals surface area (Å²) < 4.78 is 5.09. The van der Waals surface area contributed by atoms with Crippen molar-refractivity contribution in [3.8, 4) is 5.75 Å². The van der Waals surface area contributed by atoms with Crippen LogP contribution < -0.4 is 15.4 Å². The first-order chi connectivity index (χ1) is 8.02. The van der Waals surface area contributed by atoms with Gasteiger partial charge in [0.15, 0.2) is 5.11 Å². The molecular formula is C12H16N2O2S. The van der Waals surface area contributed by atoms with Crippen LogP contribution in [0.2, 0.25) is 0 Å². The number of carbonyl (C=O) groups is 1. The van der Waals surface area contributed by atoms with Gasteiger partial charge in [-0.3, -0.25) is 4.79 Å². The highest BCUT2D eigenvalue weighted by Crippen LogP contribution is 2.16. The topological polar surface area (TPSA) is 50.4 Å². The number of rotatable bonds is 3. The second-order valence-corrected chi connectivity index (χ2v) is 4.24. The predicted molar refractivity (Wildman–Crippen MR) is 72.2 cm³/mol. The summed E-state index contributed by atoms with van der Waals surface area (Å²) >= 11 is 5.03. The molecule has 0 fully saturated rings. The van der Waals surface area contributed by atoms with Gasteiger partial charge >= 0.3 is 0 Å². The molecule has 0 spiro atoms. The van der Waals surface area contributed by atoms with Gasteiger partial charge in [0.2, 0.25) is 5.91 Å².